The Hall–Kier alpha value is -4.25. The molecule has 1 aliphatic carbocycles. The average molecular weight is 459 g/mol. The van der Waals surface area contributed by atoms with Crippen LogP contribution in [0.25, 0.3) is 28.2 Å². The van der Waals surface area contributed by atoms with Crippen LogP contribution >= 0.6 is 0 Å². The summed E-state index contributed by atoms with van der Waals surface area (Å²) in [5.41, 5.74) is 6.61. The number of hydrogen-bond acceptors (Lipinski definition) is 4. The van der Waals surface area contributed by atoms with Gasteiger partial charge in [0.25, 0.3) is 0 Å². The number of aromatic nitrogens is 3. The maximum atomic E-state index is 12.5. The maximum Gasteiger partial charge on any atom is 0.180 e. The number of nitrogens with one attached hydrogen (secondary N) is 1. The summed E-state index contributed by atoms with van der Waals surface area (Å²) in [4.78, 5) is 22.1. The summed E-state index contributed by atoms with van der Waals surface area (Å²) in [5, 5.41) is 3.49. The molecule has 0 bridgehead atoms. The molecule has 1 fully saturated rings. The molecule has 0 unspecified atom stereocenters. The van der Waals surface area contributed by atoms with E-state index in [1.165, 1.54) is 18.4 Å². The van der Waals surface area contributed by atoms with Crippen molar-refractivity contribution in [2.24, 2.45) is 5.92 Å². The minimum Gasteiger partial charge on any atom is -0.363 e. The van der Waals surface area contributed by atoms with Crippen LogP contribution in [-0.2, 0) is 6.54 Å². The average Bonchev–Trinajstić information content (AvgIpc) is 3.63. The Kier molecular flexibility index (Phi) is 5.59. The fourth-order valence-corrected chi connectivity index (χ4v) is 4.38. The van der Waals surface area contributed by atoms with E-state index in [4.69, 9.17) is 9.97 Å². The quantitative estimate of drug-likeness (QED) is 0.264. The first-order valence-electron chi connectivity index (χ1n) is 12.1. The molecule has 35 heavy (non-hydrogen) atoms. The van der Waals surface area contributed by atoms with Gasteiger partial charge in [0.1, 0.15) is 0 Å². The van der Waals surface area contributed by atoms with E-state index >= 15 is 0 Å². The maximum absolute atomic E-state index is 12.5. The molecule has 0 atom stereocenters. The highest BCUT2D eigenvalue weighted by Gasteiger charge is 2.25. The van der Waals surface area contributed by atoms with E-state index in [-0.39, 0.29) is 5.78 Å². The van der Waals surface area contributed by atoms with Crippen molar-refractivity contribution in [3.63, 3.8) is 0 Å². The lowest BCUT2D eigenvalue weighted by Crippen LogP contribution is -2.05. The van der Waals surface area contributed by atoms with Gasteiger partial charge in [-0.25, -0.2) is 9.97 Å². The van der Waals surface area contributed by atoms with Gasteiger partial charge in [-0.05, 0) is 24.3 Å². The molecule has 5 nitrogen and oxygen atoms in total. The van der Waals surface area contributed by atoms with E-state index in [0.717, 1.165) is 39.5 Å². The fraction of sp³-hybridized carbons (Fsp3) is 0.167. The third-order valence-electron chi connectivity index (χ3n) is 6.54. The van der Waals surface area contributed by atoms with Gasteiger partial charge in [0, 0.05) is 35.9 Å². The summed E-state index contributed by atoms with van der Waals surface area (Å²) < 4.78 is 2.09. The fourth-order valence-electron chi connectivity index (χ4n) is 4.38. The third-order valence-corrected chi connectivity index (χ3v) is 6.54. The summed E-state index contributed by atoms with van der Waals surface area (Å²) in [7, 11) is 0. The van der Waals surface area contributed by atoms with E-state index < -0.39 is 0 Å². The lowest BCUT2D eigenvalue weighted by molar-refractivity contribution is 0.0976. The largest absolute Gasteiger partial charge is 0.363 e. The van der Waals surface area contributed by atoms with Crippen molar-refractivity contribution in [2.45, 2.75) is 25.8 Å². The predicted octanol–water partition coefficient (Wildman–Crippen LogP) is 6.66. The van der Waals surface area contributed by atoms with Crippen molar-refractivity contribution < 1.29 is 4.79 Å². The van der Waals surface area contributed by atoms with Crippen LogP contribution in [0.2, 0.25) is 0 Å². The van der Waals surface area contributed by atoms with Crippen LogP contribution in [0, 0.1) is 5.92 Å². The van der Waals surface area contributed by atoms with Gasteiger partial charge in [0.15, 0.2) is 17.2 Å². The van der Waals surface area contributed by atoms with Gasteiger partial charge in [0.05, 0.1) is 17.6 Å². The number of imidazole rings is 1. The van der Waals surface area contributed by atoms with Crippen molar-refractivity contribution in [1.82, 2.24) is 14.4 Å². The first-order chi connectivity index (χ1) is 17.2. The van der Waals surface area contributed by atoms with Gasteiger partial charge < -0.3 is 5.32 Å². The van der Waals surface area contributed by atoms with Crippen LogP contribution in [0.4, 0.5) is 5.82 Å². The minimum absolute atomic E-state index is 0.236. The van der Waals surface area contributed by atoms with Crippen LogP contribution in [-0.4, -0.2) is 20.2 Å². The van der Waals surface area contributed by atoms with Crippen molar-refractivity contribution in [3.05, 3.63) is 108 Å². The van der Waals surface area contributed by atoms with Gasteiger partial charge >= 0.3 is 0 Å². The molecule has 2 heterocycles. The molecular formula is C30H26N4O. The van der Waals surface area contributed by atoms with Gasteiger partial charge in [-0.2, -0.15) is 0 Å². The summed E-state index contributed by atoms with van der Waals surface area (Å²) in [5.74, 6) is 1.56. The number of carbonyl (C=O) groups excluding carboxylic acids is 1. The Morgan fingerprint density at radius 3 is 2.31 bits per heavy atom. The normalized spacial score (nSPS) is 13.1. The Labute approximate surface area is 204 Å². The Bertz CT molecular complexity index is 1470. The summed E-state index contributed by atoms with van der Waals surface area (Å²) in [6.45, 7) is 0.655. The highest BCUT2D eigenvalue weighted by Crippen LogP contribution is 2.34. The molecule has 0 radical (unpaired) electrons. The zero-order valence-corrected chi connectivity index (χ0v) is 19.4. The lowest BCUT2D eigenvalue weighted by Gasteiger charge is -2.12. The first kappa shape index (κ1) is 21.3. The van der Waals surface area contributed by atoms with Crippen molar-refractivity contribution in [2.75, 3.05) is 5.32 Å². The van der Waals surface area contributed by atoms with E-state index in [1.807, 2.05) is 73.1 Å². The predicted molar refractivity (Wildman–Crippen MR) is 139 cm³/mol. The van der Waals surface area contributed by atoms with Gasteiger partial charge in [-0.3, -0.25) is 9.20 Å². The second-order valence-electron chi connectivity index (χ2n) is 9.17. The van der Waals surface area contributed by atoms with Crippen LogP contribution in [0.5, 0.6) is 0 Å². The van der Waals surface area contributed by atoms with E-state index in [2.05, 4.69) is 34.0 Å². The highest BCUT2D eigenvalue weighted by molar-refractivity contribution is 5.96. The number of nitrogens with zero attached hydrogens (tertiary/aromatic N) is 3. The molecule has 6 rings (SSSR count). The summed E-state index contributed by atoms with van der Waals surface area (Å²) in [6, 6.07) is 28.3. The SMILES string of the molecule is O=C(CC1CC1)c1ccc(-c2cnc3c(NCc4ccccc4)nc(-c4ccccc4)cn23)cc1. The Morgan fingerprint density at radius 1 is 0.886 bits per heavy atom. The molecule has 1 aliphatic rings. The Balaban J connectivity index is 1.38. The molecule has 0 spiro atoms. The van der Waals surface area contributed by atoms with Crippen molar-refractivity contribution in [1.29, 1.82) is 0 Å². The number of rotatable bonds is 8. The van der Waals surface area contributed by atoms with Crippen LogP contribution < -0.4 is 5.32 Å². The second kappa shape index (κ2) is 9.18. The first-order valence-corrected chi connectivity index (χ1v) is 12.1. The van der Waals surface area contributed by atoms with Crippen LogP contribution in [0.15, 0.2) is 97.3 Å². The number of Topliss-reactive ketones (excluding diaryl/α,β-unsaturated/α-hetero) is 1. The lowest BCUT2D eigenvalue weighted by atomic mass is 10.0. The van der Waals surface area contributed by atoms with E-state index in [0.29, 0.717) is 18.9 Å². The number of anilines is 1. The molecule has 5 aromatic rings. The molecule has 0 aliphatic heterocycles. The van der Waals surface area contributed by atoms with Crippen LogP contribution in [0.3, 0.4) is 0 Å². The van der Waals surface area contributed by atoms with Gasteiger partial charge in [-0.15, -0.1) is 0 Å². The van der Waals surface area contributed by atoms with Crippen molar-refractivity contribution >= 4 is 17.2 Å². The molecular weight excluding hydrogens is 432 g/mol. The monoisotopic (exact) mass is 458 g/mol. The highest BCUT2D eigenvalue weighted by atomic mass is 16.1. The third kappa shape index (κ3) is 4.58. The molecule has 1 saturated carbocycles. The molecule has 5 heteroatoms. The summed E-state index contributed by atoms with van der Waals surface area (Å²) in [6.07, 6.45) is 6.94. The zero-order valence-electron chi connectivity index (χ0n) is 19.4. The number of carbonyl (C=O) groups is 1. The molecule has 172 valence electrons. The van der Waals surface area contributed by atoms with Gasteiger partial charge in [0.2, 0.25) is 0 Å². The Morgan fingerprint density at radius 2 is 1.60 bits per heavy atom. The molecule has 1 N–H and O–H groups in total. The molecule has 3 aromatic carbocycles. The smallest absolute Gasteiger partial charge is 0.180 e. The number of ketones is 1. The molecule has 2 aromatic heterocycles. The minimum atomic E-state index is 0.236. The standard InChI is InChI=1S/C30H26N4O/c35-28(17-21-11-12-21)25-15-13-24(14-16-25)27-19-32-30-29(31-18-22-7-3-1-4-8-22)33-26(20-34(27)30)23-9-5-2-6-10-23/h1-10,13-16,19-21H,11-12,17-18H2,(H,31,33). The summed E-state index contributed by atoms with van der Waals surface area (Å²) >= 11 is 0. The second-order valence-corrected chi connectivity index (χ2v) is 9.17. The van der Waals surface area contributed by atoms with E-state index in [9.17, 15) is 4.79 Å². The number of hydrogen-bond donors (Lipinski definition) is 1. The molecule has 0 saturated heterocycles. The van der Waals surface area contributed by atoms with E-state index in [1.54, 1.807) is 0 Å². The zero-order chi connectivity index (χ0) is 23.6. The van der Waals surface area contributed by atoms with Crippen molar-refractivity contribution in [3.8, 4) is 22.5 Å². The van der Waals surface area contributed by atoms with Crippen LogP contribution in [0.1, 0.15) is 35.2 Å². The molecule has 0 amide bonds. The number of fused-ring (bicyclic) bond motifs is 1. The van der Waals surface area contributed by atoms with Gasteiger partial charge in [-0.1, -0.05) is 84.9 Å². The topological polar surface area (TPSA) is 59.3 Å². The number of benzene rings is 3.